The summed E-state index contributed by atoms with van der Waals surface area (Å²) in [4.78, 5) is 0. The van der Waals surface area contributed by atoms with Crippen LogP contribution in [-0.2, 0) is 7.05 Å². The SMILES string of the molecule is Cn1c(C#N)ccc1[B-](F)(F)F. The van der Waals surface area contributed by atoms with E-state index in [0.29, 0.717) is 0 Å². The van der Waals surface area contributed by atoms with Crippen molar-refractivity contribution in [3.8, 4) is 6.07 Å². The molecule has 0 fully saturated rings. The normalized spacial score (nSPS) is 11.2. The van der Waals surface area contributed by atoms with Gasteiger partial charge in [-0.1, -0.05) is 6.07 Å². The highest BCUT2D eigenvalue weighted by molar-refractivity contribution is 6.72. The maximum atomic E-state index is 12.1. The quantitative estimate of drug-likeness (QED) is 0.581. The number of nitriles is 1. The molecule has 0 aliphatic carbocycles. The van der Waals surface area contributed by atoms with Crippen LogP contribution >= 0.6 is 0 Å². The van der Waals surface area contributed by atoms with E-state index in [1.54, 1.807) is 6.07 Å². The van der Waals surface area contributed by atoms with Crippen LogP contribution in [0.25, 0.3) is 0 Å². The largest absolute Gasteiger partial charge is 0.525 e. The Bertz CT molecular complexity index is 334. The number of aromatic nitrogens is 1. The van der Waals surface area contributed by atoms with Crippen LogP contribution in [0.1, 0.15) is 5.69 Å². The van der Waals surface area contributed by atoms with E-state index in [1.165, 1.54) is 7.05 Å². The number of halogens is 3. The van der Waals surface area contributed by atoms with E-state index in [4.69, 9.17) is 5.26 Å². The summed E-state index contributed by atoms with van der Waals surface area (Å²) in [6, 6.07) is 3.73. The van der Waals surface area contributed by atoms with Crippen molar-refractivity contribution in [2.24, 2.45) is 7.05 Å². The smallest absolute Gasteiger partial charge is 0.444 e. The van der Waals surface area contributed by atoms with Crippen LogP contribution in [0.5, 0.6) is 0 Å². The van der Waals surface area contributed by atoms with Crippen LogP contribution in [0.4, 0.5) is 12.9 Å². The molecule has 0 aromatic carbocycles. The third-order valence-corrected chi connectivity index (χ3v) is 1.61. The second kappa shape index (κ2) is 2.59. The zero-order valence-corrected chi connectivity index (χ0v) is 6.26. The second-order valence-electron chi connectivity index (χ2n) is 2.39. The van der Waals surface area contributed by atoms with Gasteiger partial charge in [0.2, 0.25) is 0 Å². The molecule has 0 aliphatic heterocycles. The molecule has 0 saturated heterocycles. The van der Waals surface area contributed by atoms with Crippen LogP contribution in [-0.4, -0.2) is 11.5 Å². The molecule has 0 saturated carbocycles. The van der Waals surface area contributed by atoms with E-state index in [-0.39, 0.29) is 5.69 Å². The standard InChI is InChI=1S/C6H5BF3N2/c1-12-5(4-11)2-3-6(12)7(8,9)10/h2-3H,1H3/q-1. The molecule has 1 rings (SSSR count). The Kier molecular flexibility index (Phi) is 1.88. The van der Waals surface area contributed by atoms with E-state index in [0.717, 1.165) is 16.7 Å². The maximum Gasteiger partial charge on any atom is 0.525 e. The molecule has 0 bridgehead atoms. The minimum Gasteiger partial charge on any atom is -0.444 e. The molecule has 0 spiro atoms. The van der Waals surface area contributed by atoms with Crippen LogP contribution in [0.15, 0.2) is 12.1 Å². The molecule has 0 aliphatic rings. The minimum atomic E-state index is -5.00. The summed E-state index contributed by atoms with van der Waals surface area (Å²) in [5.41, 5.74) is -0.726. The summed E-state index contributed by atoms with van der Waals surface area (Å²) >= 11 is 0. The number of hydrogen-bond donors (Lipinski definition) is 0. The molecule has 1 aromatic heterocycles. The van der Waals surface area contributed by atoms with Crippen LogP contribution in [0.2, 0.25) is 0 Å². The van der Waals surface area contributed by atoms with Crippen LogP contribution < -0.4 is 5.59 Å². The highest BCUT2D eigenvalue weighted by atomic mass is 19.4. The van der Waals surface area contributed by atoms with Gasteiger partial charge in [0.1, 0.15) is 11.8 Å². The van der Waals surface area contributed by atoms with Crippen molar-refractivity contribution >= 4 is 12.6 Å². The van der Waals surface area contributed by atoms with Crippen molar-refractivity contribution < 1.29 is 12.9 Å². The molecule has 0 N–H and O–H groups in total. The fraction of sp³-hybridized carbons (Fsp3) is 0.167. The summed E-state index contributed by atoms with van der Waals surface area (Å²) < 4.78 is 37.2. The molecule has 64 valence electrons. The molecular formula is C6H5BF3N2-. The van der Waals surface area contributed by atoms with Crippen molar-refractivity contribution in [3.05, 3.63) is 17.8 Å². The zero-order chi connectivity index (χ0) is 9.35. The lowest BCUT2D eigenvalue weighted by atomic mass is 9.86. The van der Waals surface area contributed by atoms with Gasteiger partial charge in [0.15, 0.2) is 0 Å². The summed E-state index contributed by atoms with van der Waals surface area (Å²) in [7, 11) is 1.23. The lowest BCUT2D eigenvalue weighted by Gasteiger charge is -2.15. The highest BCUT2D eigenvalue weighted by Gasteiger charge is 2.29. The third-order valence-electron chi connectivity index (χ3n) is 1.61. The predicted molar refractivity (Wildman–Crippen MR) is 38.8 cm³/mol. The van der Waals surface area contributed by atoms with Gasteiger partial charge in [-0.25, -0.2) is 0 Å². The molecular weight excluding hydrogens is 168 g/mol. The average molecular weight is 173 g/mol. The molecule has 6 heteroatoms. The first-order valence-corrected chi connectivity index (χ1v) is 3.22. The van der Waals surface area contributed by atoms with E-state index < -0.39 is 12.6 Å². The molecule has 2 nitrogen and oxygen atoms in total. The summed E-state index contributed by atoms with van der Waals surface area (Å²) in [6.07, 6.45) is 0. The van der Waals surface area contributed by atoms with Gasteiger partial charge in [-0.3, -0.25) is 0 Å². The number of nitrogens with zero attached hydrogens (tertiary/aromatic N) is 2. The lowest BCUT2D eigenvalue weighted by molar-refractivity contribution is 0.495. The monoisotopic (exact) mass is 173 g/mol. The maximum absolute atomic E-state index is 12.1. The third kappa shape index (κ3) is 1.30. The topological polar surface area (TPSA) is 28.7 Å². The fourth-order valence-electron chi connectivity index (χ4n) is 0.968. The molecule has 1 heterocycles. The lowest BCUT2D eigenvalue weighted by Crippen LogP contribution is -2.39. The highest BCUT2D eigenvalue weighted by Crippen LogP contribution is 2.10. The van der Waals surface area contributed by atoms with Gasteiger partial charge in [0, 0.05) is 7.05 Å². The van der Waals surface area contributed by atoms with Crippen molar-refractivity contribution in [3.63, 3.8) is 0 Å². The summed E-state index contributed by atoms with van der Waals surface area (Å²) in [5, 5.41) is 8.37. The Morgan fingerprint density at radius 2 is 2.00 bits per heavy atom. The van der Waals surface area contributed by atoms with Gasteiger partial charge < -0.3 is 17.5 Å². The minimum absolute atomic E-state index is 0.0178. The Morgan fingerprint density at radius 1 is 1.42 bits per heavy atom. The first-order valence-electron chi connectivity index (χ1n) is 3.22. The number of rotatable bonds is 1. The van der Waals surface area contributed by atoms with Gasteiger partial charge in [-0.2, -0.15) is 5.26 Å². The predicted octanol–water partition coefficient (Wildman–Crippen LogP) is 0.951. The van der Waals surface area contributed by atoms with Crippen LogP contribution in [0.3, 0.4) is 0 Å². The fourth-order valence-corrected chi connectivity index (χ4v) is 0.968. The first kappa shape index (κ1) is 8.72. The van der Waals surface area contributed by atoms with E-state index in [2.05, 4.69) is 0 Å². The van der Waals surface area contributed by atoms with E-state index in [9.17, 15) is 12.9 Å². The first-order chi connectivity index (χ1) is 5.46. The molecule has 0 atom stereocenters. The van der Waals surface area contributed by atoms with Gasteiger partial charge >= 0.3 is 6.98 Å². The van der Waals surface area contributed by atoms with Gasteiger partial charge in [0.25, 0.3) is 0 Å². The van der Waals surface area contributed by atoms with Crippen molar-refractivity contribution in [1.29, 1.82) is 5.26 Å². The van der Waals surface area contributed by atoms with Gasteiger partial charge in [-0.15, -0.1) is 0 Å². The Labute approximate surface area is 67.3 Å². The van der Waals surface area contributed by atoms with Crippen molar-refractivity contribution in [1.82, 2.24) is 4.57 Å². The second-order valence-corrected chi connectivity index (χ2v) is 2.39. The Balaban J connectivity index is 3.22. The Morgan fingerprint density at radius 3 is 2.25 bits per heavy atom. The average Bonchev–Trinajstić information content (AvgIpc) is 2.29. The summed E-state index contributed by atoms with van der Waals surface area (Å²) in [6.45, 7) is -5.00. The van der Waals surface area contributed by atoms with Crippen molar-refractivity contribution in [2.75, 3.05) is 0 Å². The molecule has 1 aromatic rings. The zero-order valence-electron chi connectivity index (χ0n) is 6.26. The molecule has 12 heavy (non-hydrogen) atoms. The molecule has 0 radical (unpaired) electrons. The van der Waals surface area contributed by atoms with Crippen molar-refractivity contribution in [2.45, 2.75) is 0 Å². The molecule has 0 unspecified atom stereocenters. The molecule has 0 amide bonds. The Hall–Kier alpha value is -1.38. The summed E-state index contributed by atoms with van der Waals surface area (Å²) in [5.74, 6) is 0. The van der Waals surface area contributed by atoms with Gasteiger partial charge in [0.05, 0.1) is 0 Å². The van der Waals surface area contributed by atoms with E-state index in [1.807, 2.05) is 0 Å². The van der Waals surface area contributed by atoms with Crippen LogP contribution in [0, 0.1) is 11.3 Å². The van der Waals surface area contributed by atoms with E-state index >= 15 is 0 Å². The number of hydrogen-bond acceptors (Lipinski definition) is 1. The van der Waals surface area contributed by atoms with Gasteiger partial charge in [-0.05, 0) is 11.7 Å².